The molecule has 0 aliphatic rings. The Hall–Kier alpha value is -2.92. The van der Waals surface area contributed by atoms with E-state index in [0.717, 1.165) is 13.8 Å². The van der Waals surface area contributed by atoms with Crippen molar-refractivity contribution in [3.05, 3.63) is 58.2 Å². The molecule has 0 spiro atoms. The van der Waals surface area contributed by atoms with Gasteiger partial charge < -0.3 is 0 Å². The van der Waals surface area contributed by atoms with Gasteiger partial charge in [0.05, 0.1) is 11.4 Å². The third-order valence-electron chi connectivity index (χ3n) is 3.46. The predicted molar refractivity (Wildman–Crippen MR) is 78.0 cm³/mol. The smallest absolute Gasteiger partial charge is 0.200 e. The highest BCUT2D eigenvalue weighted by atomic mass is 19.2. The van der Waals surface area contributed by atoms with Crippen LogP contribution in [0.15, 0.2) is 9.98 Å². The molecule has 0 heterocycles. The molecular weight excluding hydrogens is 410 g/mol. The van der Waals surface area contributed by atoms with Crippen molar-refractivity contribution in [1.29, 1.82) is 0 Å². The number of benzene rings is 2. The van der Waals surface area contributed by atoms with Crippen LogP contribution in [0.25, 0.3) is 0 Å². The predicted octanol–water partition coefficient (Wildman–Crippen LogP) is 5.96. The fourth-order valence-corrected chi connectivity index (χ4v) is 1.88. The third kappa shape index (κ3) is 3.45. The summed E-state index contributed by atoms with van der Waals surface area (Å²) >= 11 is 0. The van der Waals surface area contributed by atoms with Crippen molar-refractivity contribution in [2.45, 2.75) is 13.8 Å². The number of aliphatic imine (C=N–C) groups is 2. The third-order valence-corrected chi connectivity index (χ3v) is 3.46. The Morgan fingerprint density at radius 3 is 0.786 bits per heavy atom. The number of halogens is 10. The second-order valence-corrected chi connectivity index (χ2v) is 5.23. The van der Waals surface area contributed by atoms with Crippen LogP contribution in [0.2, 0.25) is 0 Å². The molecule has 0 N–H and O–H groups in total. The van der Waals surface area contributed by atoms with Gasteiger partial charge in [0, 0.05) is 0 Å². The second-order valence-electron chi connectivity index (χ2n) is 5.23. The van der Waals surface area contributed by atoms with Crippen LogP contribution in [0.3, 0.4) is 0 Å². The lowest BCUT2D eigenvalue weighted by Gasteiger charge is -2.07. The van der Waals surface area contributed by atoms with Crippen LogP contribution >= 0.6 is 0 Å². The quantitative estimate of drug-likeness (QED) is 0.255. The number of nitrogens with zero attached hydrogens (tertiary/aromatic N) is 2. The van der Waals surface area contributed by atoms with Gasteiger partial charge in [0.2, 0.25) is 11.6 Å². The minimum absolute atomic E-state index is 0.632. The molecule has 0 saturated heterocycles. The molecule has 2 nitrogen and oxygen atoms in total. The molecular formula is C16H6F10N2. The fraction of sp³-hybridized carbons (Fsp3) is 0.125. The van der Waals surface area contributed by atoms with Crippen LogP contribution in [0.5, 0.6) is 0 Å². The van der Waals surface area contributed by atoms with Crippen molar-refractivity contribution in [2.75, 3.05) is 0 Å². The topological polar surface area (TPSA) is 24.7 Å². The summed E-state index contributed by atoms with van der Waals surface area (Å²) in [6, 6.07) is 0. The van der Waals surface area contributed by atoms with Gasteiger partial charge in [0.25, 0.3) is 0 Å². The van der Waals surface area contributed by atoms with Gasteiger partial charge in [0.15, 0.2) is 46.5 Å². The van der Waals surface area contributed by atoms with Gasteiger partial charge in [-0.25, -0.2) is 53.9 Å². The van der Waals surface area contributed by atoms with Gasteiger partial charge in [-0.15, -0.1) is 0 Å². The van der Waals surface area contributed by atoms with Crippen LogP contribution in [-0.4, -0.2) is 11.4 Å². The van der Waals surface area contributed by atoms with E-state index in [1.807, 2.05) is 0 Å². The molecule has 2 aromatic rings. The standard InChI is InChI=1S/C16H6F10N2/c1-3(27-15-11(23)7(19)5(17)8(20)12(15)24)4(2)28-16-13(25)9(21)6(18)10(22)14(16)26/h1-2H3. The molecule has 0 unspecified atom stereocenters. The van der Waals surface area contributed by atoms with Gasteiger partial charge in [0.1, 0.15) is 11.4 Å². The molecule has 0 fully saturated rings. The molecule has 0 amide bonds. The maximum atomic E-state index is 13.6. The number of hydrogen-bond donors (Lipinski definition) is 0. The SMILES string of the molecule is CC(=Nc1c(F)c(F)c(F)c(F)c1F)C(C)=Nc1c(F)c(F)c(F)c(F)c1F. The average Bonchev–Trinajstić information content (AvgIpc) is 2.67. The summed E-state index contributed by atoms with van der Waals surface area (Å²) in [7, 11) is 0. The maximum absolute atomic E-state index is 13.6. The van der Waals surface area contributed by atoms with Gasteiger partial charge in [-0.2, -0.15) is 0 Å². The monoisotopic (exact) mass is 416 g/mol. The maximum Gasteiger partial charge on any atom is 0.200 e. The van der Waals surface area contributed by atoms with E-state index < -0.39 is 81.0 Å². The Balaban J connectivity index is 2.63. The lowest BCUT2D eigenvalue weighted by atomic mass is 10.2. The first-order valence-electron chi connectivity index (χ1n) is 7.03. The summed E-state index contributed by atoms with van der Waals surface area (Å²) in [6.45, 7) is 1.78. The Morgan fingerprint density at radius 1 is 0.393 bits per heavy atom. The summed E-state index contributed by atoms with van der Waals surface area (Å²) in [6.07, 6.45) is 0. The molecule has 0 aliphatic heterocycles. The minimum atomic E-state index is -2.43. The minimum Gasteiger partial charge on any atom is -0.245 e. The zero-order valence-corrected chi connectivity index (χ0v) is 13.7. The van der Waals surface area contributed by atoms with Gasteiger partial charge in [-0.1, -0.05) is 0 Å². The summed E-state index contributed by atoms with van der Waals surface area (Å²) in [5.74, 6) is -23.2. The molecule has 28 heavy (non-hydrogen) atoms. The second kappa shape index (κ2) is 7.60. The van der Waals surface area contributed by atoms with Gasteiger partial charge in [-0.05, 0) is 13.8 Å². The first-order chi connectivity index (χ1) is 12.9. The van der Waals surface area contributed by atoms with Crippen LogP contribution in [0, 0.1) is 58.2 Å². The first kappa shape index (κ1) is 21.4. The first-order valence-corrected chi connectivity index (χ1v) is 7.03. The summed E-state index contributed by atoms with van der Waals surface area (Å²) in [4.78, 5) is 6.24. The molecule has 150 valence electrons. The van der Waals surface area contributed by atoms with Crippen LogP contribution < -0.4 is 0 Å². The van der Waals surface area contributed by atoms with Crippen molar-refractivity contribution in [3.63, 3.8) is 0 Å². The Labute approximate surface area is 149 Å². The van der Waals surface area contributed by atoms with Crippen LogP contribution in [0.4, 0.5) is 55.3 Å². The largest absolute Gasteiger partial charge is 0.245 e. The molecule has 0 aliphatic carbocycles. The van der Waals surface area contributed by atoms with E-state index >= 15 is 0 Å². The molecule has 0 bridgehead atoms. The van der Waals surface area contributed by atoms with E-state index in [-0.39, 0.29) is 0 Å². The lowest BCUT2D eigenvalue weighted by molar-refractivity contribution is 0.381. The molecule has 2 rings (SSSR count). The van der Waals surface area contributed by atoms with Crippen molar-refractivity contribution in [3.8, 4) is 0 Å². The highest BCUT2D eigenvalue weighted by Gasteiger charge is 2.27. The van der Waals surface area contributed by atoms with Crippen molar-refractivity contribution < 1.29 is 43.9 Å². The molecule has 12 heteroatoms. The van der Waals surface area contributed by atoms with Crippen LogP contribution in [0.1, 0.15) is 13.8 Å². The fourth-order valence-electron chi connectivity index (χ4n) is 1.88. The Bertz CT molecular complexity index is 901. The average molecular weight is 416 g/mol. The molecule has 0 aromatic heterocycles. The Kier molecular flexibility index (Phi) is 5.80. The van der Waals surface area contributed by atoms with E-state index in [9.17, 15) is 43.9 Å². The molecule has 0 atom stereocenters. The summed E-state index contributed by atoms with van der Waals surface area (Å²) in [5, 5.41) is 0. The van der Waals surface area contributed by atoms with Crippen molar-refractivity contribution >= 4 is 22.8 Å². The highest BCUT2D eigenvalue weighted by Crippen LogP contribution is 2.31. The van der Waals surface area contributed by atoms with Crippen molar-refractivity contribution in [1.82, 2.24) is 0 Å². The molecule has 0 radical (unpaired) electrons. The summed E-state index contributed by atoms with van der Waals surface area (Å²) in [5.41, 5.74) is -4.51. The van der Waals surface area contributed by atoms with Crippen molar-refractivity contribution in [2.24, 2.45) is 9.98 Å². The van der Waals surface area contributed by atoms with E-state index in [4.69, 9.17) is 0 Å². The van der Waals surface area contributed by atoms with E-state index in [0.29, 0.717) is 0 Å². The lowest BCUT2D eigenvalue weighted by Crippen LogP contribution is -2.09. The van der Waals surface area contributed by atoms with Gasteiger partial charge in [-0.3, -0.25) is 0 Å². The molecule has 0 saturated carbocycles. The van der Waals surface area contributed by atoms with E-state index in [1.165, 1.54) is 0 Å². The van der Waals surface area contributed by atoms with E-state index in [1.54, 1.807) is 0 Å². The summed E-state index contributed by atoms with van der Waals surface area (Å²) < 4.78 is 133. The highest BCUT2D eigenvalue weighted by molar-refractivity contribution is 6.41. The normalized spacial score (nSPS) is 12.7. The van der Waals surface area contributed by atoms with Gasteiger partial charge >= 0.3 is 0 Å². The van der Waals surface area contributed by atoms with Crippen LogP contribution in [-0.2, 0) is 0 Å². The Morgan fingerprint density at radius 2 is 0.571 bits per heavy atom. The number of hydrogen-bond acceptors (Lipinski definition) is 2. The number of rotatable bonds is 3. The zero-order chi connectivity index (χ0) is 21.5. The zero-order valence-electron chi connectivity index (χ0n) is 13.7. The van der Waals surface area contributed by atoms with E-state index in [2.05, 4.69) is 9.98 Å². The molecule has 2 aromatic carbocycles.